The van der Waals surface area contributed by atoms with Crippen LogP contribution in [0, 0.1) is 0 Å². The topological polar surface area (TPSA) is 64.6 Å². The molecule has 0 radical (unpaired) electrons. The molecule has 1 aromatic rings. The van der Waals surface area contributed by atoms with Crippen molar-refractivity contribution in [1.29, 1.82) is 0 Å². The third kappa shape index (κ3) is 4.44. The molecule has 0 aromatic heterocycles. The molecule has 0 saturated heterocycles. The van der Waals surface area contributed by atoms with E-state index in [-0.39, 0.29) is 5.91 Å². The van der Waals surface area contributed by atoms with Crippen LogP contribution in [0.2, 0.25) is 5.02 Å². The van der Waals surface area contributed by atoms with E-state index in [4.69, 9.17) is 21.1 Å². The minimum absolute atomic E-state index is 0.0436. The molecule has 0 atom stereocenters. The van der Waals surface area contributed by atoms with Gasteiger partial charge in [0.25, 0.3) is 0 Å². The summed E-state index contributed by atoms with van der Waals surface area (Å²) in [5, 5.41) is 2.84. The van der Waals surface area contributed by atoms with Gasteiger partial charge in [0.15, 0.2) is 11.5 Å². The second kappa shape index (κ2) is 7.63. The van der Waals surface area contributed by atoms with Crippen LogP contribution in [0.3, 0.4) is 0 Å². The molecule has 0 unspecified atom stereocenters. The Balaban J connectivity index is 2.67. The molecule has 6 heteroatoms. The maximum Gasteiger partial charge on any atom is 0.219 e. The van der Waals surface area contributed by atoms with Gasteiger partial charge in [0.05, 0.1) is 18.7 Å². The quantitative estimate of drug-likeness (QED) is 0.615. The predicted octanol–water partition coefficient (Wildman–Crippen LogP) is 2.07. The average molecular weight is 286 g/mol. The highest BCUT2D eigenvalue weighted by molar-refractivity contribution is 6.32. The molecule has 0 aliphatic carbocycles. The van der Waals surface area contributed by atoms with Gasteiger partial charge in [0.1, 0.15) is 6.29 Å². The van der Waals surface area contributed by atoms with E-state index in [1.165, 1.54) is 13.2 Å². The Labute approximate surface area is 116 Å². The molecule has 5 nitrogen and oxygen atoms in total. The van der Waals surface area contributed by atoms with Crippen molar-refractivity contribution >= 4 is 23.8 Å². The summed E-state index contributed by atoms with van der Waals surface area (Å²) in [4.78, 5) is 21.7. The number of benzene rings is 1. The summed E-state index contributed by atoms with van der Waals surface area (Å²) < 4.78 is 10.6. The largest absolute Gasteiger partial charge is 0.493 e. The van der Waals surface area contributed by atoms with Gasteiger partial charge in [0.2, 0.25) is 5.91 Å². The number of rotatable bonds is 7. The summed E-state index contributed by atoms with van der Waals surface area (Å²) in [6.45, 7) is 0.337. The zero-order valence-corrected chi connectivity index (χ0v) is 11.6. The zero-order valence-electron chi connectivity index (χ0n) is 10.9. The van der Waals surface area contributed by atoms with Crippen molar-refractivity contribution in [3.63, 3.8) is 0 Å². The van der Waals surface area contributed by atoms with E-state index < -0.39 is 0 Å². The highest BCUT2D eigenvalue weighted by Gasteiger charge is 2.12. The smallest absolute Gasteiger partial charge is 0.219 e. The molecule has 0 heterocycles. The van der Waals surface area contributed by atoms with Gasteiger partial charge in [-0.1, -0.05) is 11.6 Å². The Morgan fingerprint density at radius 2 is 2.21 bits per heavy atom. The Morgan fingerprint density at radius 1 is 1.47 bits per heavy atom. The van der Waals surface area contributed by atoms with Crippen molar-refractivity contribution in [3.8, 4) is 11.5 Å². The van der Waals surface area contributed by atoms with Gasteiger partial charge in [-0.05, 0) is 18.6 Å². The summed E-state index contributed by atoms with van der Waals surface area (Å²) in [5.41, 5.74) is 0.416. The van der Waals surface area contributed by atoms with Crippen LogP contribution in [0.25, 0.3) is 0 Å². The van der Waals surface area contributed by atoms with E-state index in [1.807, 2.05) is 0 Å². The monoisotopic (exact) mass is 285 g/mol. The number of ether oxygens (including phenoxy) is 2. The van der Waals surface area contributed by atoms with Gasteiger partial charge in [-0.15, -0.1) is 0 Å². The predicted molar refractivity (Wildman–Crippen MR) is 72.2 cm³/mol. The second-order valence-corrected chi connectivity index (χ2v) is 4.18. The van der Waals surface area contributed by atoms with Gasteiger partial charge < -0.3 is 14.8 Å². The zero-order chi connectivity index (χ0) is 14.3. The van der Waals surface area contributed by atoms with Crippen LogP contribution in [0.4, 0.5) is 0 Å². The number of methoxy groups -OCH3 is 1. The first kappa shape index (κ1) is 15.3. The maximum atomic E-state index is 11.0. The second-order valence-electron chi connectivity index (χ2n) is 3.78. The number of hydrogen-bond acceptors (Lipinski definition) is 4. The Morgan fingerprint density at radius 3 is 2.79 bits per heavy atom. The summed E-state index contributed by atoms with van der Waals surface area (Å²) >= 11 is 6.02. The van der Waals surface area contributed by atoms with Crippen LogP contribution >= 0.6 is 11.6 Å². The number of hydrogen-bond donors (Lipinski definition) is 1. The molecule has 1 rings (SSSR count). The SMILES string of the molecule is CNC(=O)CCCOc1c(Cl)cc(C=O)cc1OC. The van der Waals surface area contributed by atoms with Gasteiger partial charge in [-0.2, -0.15) is 0 Å². The number of halogens is 1. The highest BCUT2D eigenvalue weighted by atomic mass is 35.5. The first-order valence-electron chi connectivity index (χ1n) is 5.78. The van der Waals surface area contributed by atoms with E-state index in [2.05, 4.69) is 5.32 Å². The molecule has 0 saturated carbocycles. The molecule has 0 fully saturated rings. The molecule has 1 amide bonds. The lowest BCUT2D eigenvalue weighted by molar-refractivity contribution is -0.120. The van der Waals surface area contributed by atoms with Crippen LogP contribution in [0.5, 0.6) is 11.5 Å². The van der Waals surface area contributed by atoms with Crippen LogP contribution in [0.1, 0.15) is 23.2 Å². The van der Waals surface area contributed by atoms with E-state index >= 15 is 0 Å². The maximum absolute atomic E-state index is 11.0. The van der Waals surface area contributed by atoms with Crippen molar-refractivity contribution in [3.05, 3.63) is 22.7 Å². The molecular formula is C13H16ClNO4. The number of nitrogens with one attached hydrogen (secondary N) is 1. The third-order valence-corrected chi connectivity index (χ3v) is 2.74. The molecule has 1 aromatic carbocycles. The van der Waals surface area contributed by atoms with Crippen molar-refractivity contribution in [2.75, 3.05) is 20.8 Å². The Hall–Kier alpha value is -1.75. The van der Waals surface area contributed by atoms with E-state index in [9.17, 15) is 9.59 Å². The van der Waals surface area contributed by atoms with Crippen molar-refractivity contribution in [1.82, 2.24) is 5.32 Å². The first-order chi connectivity index (χ1) is 9.12. The molecule has 0 bridgehead atoms. The molecule has 0 spiro atoms. The normalized spacial score (nSPS) is 9.84. The molecular weight excluding hydrogens is 270 g/mol. The highest BCUT2D eigenvalue weighted by Crippen LogP contribution is 2.36. The lowest BCUT2D eigenvalue weighted by atomic mass is 10.2. The fourth-order valence-electron chi connectivity index (χ4n) is 1.48. The Kier molecular flexibility index (Phi) is 6.15. The number of amides is 1. The molecule has 0 aliphatic rings. The standard InChI is InChI=1S/C13H16ClNO4/c1-15-12(17)4-3-5-19-13-10(14)6-9(8-16)7-11(13)18-2/h6-8H,3-5H2,1-2H3,(H,15,17). The molecule has 104 valence electrons. The van der Waals surface area contributed by atoms with Crippen molar-refractivity contribution < 1.29 is 19.1 Å². The van der Waals surface area contributed by atoms with Crippen LogP contribution in [0.15, 0.2) is 12.1 Å². The number of carbonyl (C=O) groups is 2. The van der Waals surface area contributed by atoms with Crippen molar-refractivity contribution in [2.24, 2.45) is 0 Å². The molecule has 1 N–H and O–H groups in total. The van der Waals surface area contributed by atoms with E-state index in [0.29, 0.717) is 47.8 Å². The summed E-state index contributed by atoms with van der Waals surface area (Å²) in [6, 6.07) is 3.05. The fourth-order valence-corrected chi connectivity index (χ4v) is 1.75. The van der Waals surface area contributed by atoms with Crippen LogP contribution < -0.4 is 14.8 Å². The fraction of sp³-hybridized carbons (Fsp3) is 0.385. The number of aldehydes is 1. The van der Waals surface area contributed by atoms with Gasteiger partial charge in [0, 0.05) is 19.0 Å². The minimum atomic E-state index is -0.0436. The summed E-state index contributed by atoms with van der Waals surface area (Å²) in [6.07, 6.45) is 1.63. The van der Waals surface area contributed by atoms with E-state index in [1.54, 1.807) is 13.1 Å². The molecule has 0 aliphatic heterocycles. The van der Waals surface area contributed by atoms with Gasteiger partial charge in [-0.25, -0.2) is 0 Å². The lowest BCUT2D eigenvalue weighted by Gasteiger charge is -2.12. The van der Waals surface area contributed by atoms with E-state index in [0.717, 1.165) is 0 Å². The average Bonchev–Trinajstić information content (AvgIpc) is 2.43. The minimum Gasteiger partial charge on any atom is -0.493 e. The number of carbonyl (C=O) groups excluding carboxylic acids is 2. The van der Waals surface area contributed by atoms with Gasteiger partial charge in [-0.3, -0.25) is 9.59 Å². The van der Waals surface area contributed by atoms with Gasteiger partial charge >= 0.3 is 0 Å². The van der Waals surface area contributed by atoms with Crippen molar-refractivity contribution in [2.45, 2.75) is 12.8 Å². The van der Waals surface area contributed by atoms with Crippen LogP contribution in [-0.4, -0.2) is 33.0 Å². The first-order valence-corrected chi connectivity index (χ1v) is 6.16. The lowest BCUT2D eigenvalue weighted by Crippen LogP contribution is -2.18. The summed E-state index contributed by atoms with van der Waals surface area (Å²) in [5.74, 6) is 0.735. The molecule has 19 heavy (non-hydrogen) atoms. The third-order valence-electron chi connectivity index (χ3n) is 2.46. The Bertz CT molecular complexity index is 462. The summed E-state index contributed by atoms with van der Waals surface area (Å²) in [7, 11) is 3.05. The van der Waals surface area contributed by atoms with Crippen LogP contribution in [-0.2, 0) is 4.79 Å².